The minimum absolute atomic E-state index is 0.0269. The molecule has 0 amide bonds. The normalized spacial score (nSPS) is 23.8. The van der Waals surface area contributed by atoms with Crippen LogP contribution in [0.15, 0.2) is 115 Å². The Morgan fingerprint density at radius 1 is 0.600 bits per heavy atom. The third-order valence-electron chi connectivity index (χ3n) is 7.90. The van der Waals surface area contributed by atoms with Crippen molar-refractivity contribution < 1.29 is 33.9 Å². The van der Waals surface area contributed by atoms with E-state index in [1.165, 1.54) is 0 Å². The van der Waals surface area contributed by atoms with Gasteiger partial charge in [0.1, 0.15) is 36.3 Å². The minimum Gasteiger partial charge on any atom is -0.462 e. The summed E-state index contributed by atoms with van der Waals surface area (Å²) in [6, 6.07) is 37.0. The second-order valence-electron chi connectivity index (χ2n) is 12.4. The predicted octanol–water partition coefficient (Wildman–Crippen LogP) is 6.20. The zero-order valence-electron chi connectivity index (χ0n) is 26.2. The van der Waals surface area contributed by atoms with Crippen LogP contribution in [0.25, 0.3) is 0 Å². The van der Waals surface area contributed by atoms with Crippen molar-refractivity contribution in [3.05, 3.63) is 138 Å². The summed E-state index contributed by atoms with van der Waals surface area (Å²) in [5.74, 6) is 0.508. The van der Waals surface area contributed by atoms with E-state index in [9.17, 15) is 10.2 Å². The Morgan fingerprint density at radius 3 is 1.60 bits per heavy atom. The lowest BCUT2D eigenvalue weighted by atomic mass is 9.87. The van der Waals surface area contributed by atoms with Crippen LogP contribution in [0.2, 0.25) is 0 Å². The molecule has 45 heavy (non-hydrogen) atoms. The molecule has 0 radical (unpaired) electrons. The number of ether oxygens (including phenoxy) is 5. The summed E-state index contributed by atoms with van der Waals surface area (Å²) in [4.78, 5) is 0. The predicted molar refractivity (Wildman–Crippen MR) is 173 cm³/mol. The van der Waals surface area contributed by atoms with Gasteiger partial charge >= 0.3 is 0 Å². The van der Waals surface area contributed by atoms with Crippen molar-refractivity contribution in [1.29, 1.82) is 0 Å². The van der Waals surface area contributed by atoms with E-state index >= 15 is 0 Å². The lowest BCUT2D eigenvalue weighted by Gasteiger charge is -2.33. The van der Waals surface area contributed by atoms with Gasteiger partial charge in [-0.15, -0.1) is 0 Å². The van der Waals surface area contributed by atoms with E-state index in [-0.39, 0.29) is 25.2 Å². The van der Waals surface area contributed by atoms with Gasteiger partial charge in [-0.2, -0.15) is 0 Å². The molecule has 0 aliphatic carbocycles. The molecule has 0 spiro atoms. The molecule has 1 aliphatic heterocycles. The fraction of sp³-hybridized carbons (Fsp3) is 0.368. The zero-order valence-corrected chi connectivity index (χ0v) is 26.2. The highest BCUT2D eigenvalue weighted by atomic mass is 16.7. The van der Waals surface area contributed by atoms with Gasteiger partial charge in [0.25, 0.3) is 0 Å². The van der Waals surface area contributed by atoms with E-state index in [1.807, 2.05) is 115 Å². The molecule has 1 heterocycles. The van der Waals surface area contributed by atoms with Gasteiger partial charge in [-0.05, 0) is 39.8 Å². The third kappa shape index (κ3) is 9.23. The Morgan fingerprint density at radius 2 is 1.09 bits per heavy atom. The Labute approximate surface area is 266 Å². The van der Waals surface area contributed by atoms with E-state index in [1.54, 1.807) is 0 Å². The molecule has 5 rings (SSSR count). The molecule has 6 atom stereocenters. The first-order valence-corrected chi connectivity index (χ1v) is 15.5. The average Bonchev–Trinajstić information content (AvgIpc) is 3.14. The van der Waals surface area contributed by atoms with Crippen molar-refractivity contribution >= 4 is 0 Å². The second-order valence-corrected chi connectivity index (χ2v) is 12.4. The van der Waals surface area contributed by atoms with Gasteiger partial charge < -0.3 is 33.9 Å². The fourth-order valence-electron chi connectivity index (χ4n) is 5.29. The average molecular weight is 613 g/mol. The van der Waals surface area contributed by atoms with Crippen LogP contribution in [0.3, 0.4) is 0 Å². The molecule has 1 fully saturated rings. The van der Waals surface area contributed by atoms with E-state index in [4.69, 9.17) is 23.7 Å². The Hall–Kier alpha value is -3.56. The highest BCUT2D eigenvalue weighted by molar-refractivity contribution is 5.31. The summed E-state index contributed by atoms with van der Waals surface area (Å²) in [6.07, 6.45) is -6.53. The van der Waals surface area contributed by atoms with Crippen LogP contribution in [0, 0.1) is 0 Å². The maximum Gasteiger partial charge on any atom is 0.229 e. The monoisotopic (exact) mass is 612 g/mol. The minimum atomic E-state index is -1.44. The number of benzene rings is 4. The molecule has 4 aromatic carbocycles. The van der Waals surface area contributed by atoms with E-state index < -0.39 is 36.8 Å². The highest BCUT2D eigenvalue weighted by Gasteiger charge is 2.48. The number of aliphatic hydroxyl groups is 2. The highest BCUT2D eigenvalue weighted by Crippen LogP contribution is 2.30. The summed E-state index contributed by atoms with van der Waals surface area (Å²) in [7, 11) is 0. The summed E-state index contributed by atoms with van der Waals surface area (Å²) >= 11 is 0. The van der Waals surface area contributed by atoms with Crippen molar-refractivity contribution in [2.24, 2.45) is 0 Å². The Balaban J connectivity index is 1.42. The van der Waals surface area contributed by atoms with E-state index in [0.717, 1.165) is 22.3 Å². The van der Waals surface area contributed by atoms with Crippen molar-refractivity contribution in [2.75, 3.05) is 6.61 Å². The first kappa shape index (κ1) is 32.8. The van der Waals surface area contributed by atoms with E-state index in [2.05, 4.69) is 20.8 Å². The molecular weight excluding hydrogens is 568 g/mol. The summed E-state index contributed by atoms with van der Waals surface area (Å²) < 4.78 is 31.6. The molecule has 1 saturated heterocycles. The molecule has 0 bridgehead atoms. The number of aliphatic hydroxyl groups excluding tert-OH is 2. The molecule has 4 aromatic rings. The number of hydrogen-bond donors (Lipinski definition) is 2. The van der Waals surface area contributed by atoms with Crippen LogP contribution < -0.4 is 4.74 Å². The molecule has 0 unspecified atom stereocenters. The molecule has 7 heteroatoms. The number of rotatable bonds is 12. The van der Waals surface area contributed by atoms with Gasteiger partial charge in [0, 0.05) is 0 Å². The standard InChI is InChI=1S/C38H44O7/c1-38(2,3)30-19-21-31(22-20-30)44-37-34(40)33(39)36(43-25-29-17-11-6-12-18-29)35(42-24-28-15-9-5-10-16-28)32(45-37)26-41-23-27-13-7-4-8-14-27/h4-22,32-37,39-40H,23-26H2,1-3H3/t32-,33-,34+,35-,36-,37-/m1/s1. The molecule has 0 aromatic heterocycles. The Kier molecular flexibility index (Phi) is 11.4. The van der Waals surface area contributed by atoms with Gasteiger partial charge in [-0.1, -0.05) is 124 Å². The lowest BCUT2D eigenvalue weighted by Crippen LogP contribution is -2.50. The fourth-order valence-corrected chi connectivity index (χ4v) is 5.29. The van der Waals surface area contributed by atoms with Crippen LogP contribution >= 0.6 is 0 Å². The maximum atomic E-state index is 11.6. The molecule has 2 N–H and O–H groups in total. The van der Waals surface area contributed by atoms with E-state index in [0.29, 0.717) is 12.4 Å². The quantitative estimate of drug-likeness (QED) is 0.197. The topological polar surface area (TPSA) is 86.6 Å². The van der Waals surface area contributed by atoms with Gasteiger partial charge in [-0.25, -0.2) is 0 Å². The molecule has 238 valence electrons. The van der Waals surface area contributed by atoms with Crippen molar-refractivity contribution in [1.82, 2.24) is 0 Å². The van der Waals surface area contributed by atoms with Crippen LogP contribution in [-0.2, 0) is 44.2 Å². The van der Waals surface area contributed by atoms with Crippen LogP contribution in [0.1, 0.15) is 43.0 Å². The van der Waals surface area contributed by atoms with Crippen LogP contribution in [0.4, 0.5) is 0 Å². The second kappa shape index (κ2) is 15.6. The maximum absolute atomic E-state index is 11.6. The van der Waals surface area contributed by atoms with Crippen molar-refractivity contribution in [3.8, 4) is 5.75 Å². The smallest absolute Gasteiger partial charge is 0.229 e. The largest absolute Gasteiger partial charge is 0.462 e. The zero-order chi connectivity index (χ0) is 31.6. The first-order valence-electron chi connectivity index (χ1n) is 15.5. The van der Waals surface area contributed by atoms with Crippen molar-refractivity contribution in [2.45, 2.75) is 82.8 Å². The van der Waals surface area contributed by atoms with Gasteiger partial charge in [-0.3, -0.25) is 0 Å². The van der Waals surface area contributed by atoms with Gasteiger partial charge in [0.05, 0.1) is 26.4 Å². The molecule has 0 saturated carbocycles. The van der Waals surface area contributed by atoms with Crippen LogP contribution in [-0.4, -0.2) is 53.6 Å². The van der Waals surface area contributed by atoms with Crippen LogP contribution in [0.5, 0.6) is 5.75 Å². The summed E-state index contributed by atoms with van der Waals surface area (Å²) in [5.41, 5.74) is 4.01. The first-order chi connectivity index (χ1) is 21.8. The van der Waals surface area contributed by atoms with Gasteiger partial charge in [0.2, 0.25) is 6.29 Å². The summed E-state index contributed by atoms with van der Waals surface area (Å²) in [5, 5.41) is 23.1. The third-order valence-corrected chi connectivity index (χ3v) is 7.90. The van der Waals surface area contributed by atoms with Crippen molar-refractivity contribution in [3.63, 3.8) is 0 Å². The number of hydrogen-bond acceptors (Lipinski definition) is 7. The lowest BCUT2D eigenvalue weighted by molar-refractivity contribution is -0.206. The molecule has 1 aliphatic rings. The molecular formula is C38H44O7. The Bertz CT molecular complexity index is 1410. The molecule has 7 nitrogen and oxygen atoms in total. The SMILES string of the molecule is CC(C)(C)c1ccc(O[C@@H]2O[C@H](COCc3ccccc3)[C@@H](OCc3ccccc3)[C@H](OCc3ccccc3)[C@H](O)[C@@H]2O)cc1. The van der Waals surface area contributed by atoms with Gasteiger partial charge in [0.15, 0.2) is 0 Å². The summed E-state index contributed by atoms with van der Waals surface area (Å²) in [6.45, 7) is 7.35.